The third-order valence-corrected chi connectivity index (χ3v) is 3.49. The van der Waals surface area contributed by atoms with Crippen LogP contribution < -0.4 is 5.73 Å². The summed E-state index contributed by atoms with van der Waals surface area (Å²) in [7, 11) is 1.78. The van der Waals surface area contributed by atoms with Crippen LogP contribution in [-0.2, 0) is 13.1 Å². The zero-order chi connectivity index (χ0) is 15.4. The molecule has 0 spiro atoms. The van der Waals surface area contributed by atoms with Crippen LogP contribution in [0.4, 0.5) is 5.69 Å². The summed E-state index contributed by atoms with van der Waals surface area (Å²) in [5.41, 5.74) is 8.05. The lowest BCUT2D eigenvalue weighted by Gasteiger charge is -2.18. The molecule has 0 saturated carbocycles. The Morgan fingerprint density at radius 3 is 2.81 bits per heavy atom. The van der Waals surface area contributed by atoms with Gasteiger partial charge in [-0.15, -0.1) is 0 Å². The van der Waals surface area contributed by atoms with Crippen molar-refractivity contribution in [2.45, 2.75) is 26.4 Å². The average Bonchev–Trinajstić information content (AvgIpc) is 2.79. The second kappa shape index (κ2) is 6.68. The standard InChI is InChI=1S/C16H20ClN3O/c1-3-7-20-11-14(18)9-15(20)16(21)19(2)10-12-5-4-6-13(17)8-12/h4-6,8-9,11H,3,7,10,18H2,1-2H3. The van der Waals surface area contributed by atoms with E-state index >= 15 is 0 Å². The number of aromatic nitrogens is 1. The van der Waals surface area contributed by atoms with Crippen LogP contribution in [0.15, 0.2) is 36.5 Å². The van der Waals surface area contributed by atoms with Gasteiger partial charge in [0.15, 0.2) is 0 Å². The lowest BCUT2D eigenvalue weighted by atomic mass is 10.2. The molecule has 0 radical (unpaired) electrons. The normalized spacial score (nSPS) is 10.6. The van der Waals surface area contributed by atoms with Crippen molar-refractivity contribution in [3.05, 3.63) is 52.8 Å². The van der Waals surface area contributed by atoms with Crippen LogP contribution in [0.1, 0.15) is 29.4 Å². The van der Waals surface area contributed by atoms with Gasteiger partial charge in [0.05, 0.1) is 5.69 Å². The molecule has 2 N–H and O–H groups in total. The number of amides is 1. The lowest BCUT2D eigenvalue weighted by molar-refractivity contribution is 0.0774. The Kier molecular flexibility index (Phi) is 4.91. The molecule has 0 atom stereocenters. The number of carbonyl (C=O) groups is 1. The molecule has 1 aromatic heterocycles. The number of rotatable bonds is 5. The Labute approximate surface area is 130 Å². The largest absolute Gasteiger partial charge is 0.397 e. The van der Waals surface area contributed by atoms with Crippen molar-refractivity contribution in [3.63, 3.8) is 0 Å². The van der Waals surface area contributed by atoms with E-state index in [1.54, 1.807) is 18.0 Å². The van der Waals surface area contributed by atoms with E-state index in [9.17, 15) is 4.79 Å². The Balaban J connectivity index is 2.15. The third kappa shape index (κ3) is 3.79. The molecular weight excluding hydrogens is 286 g/mol. The van der Waals surface area contributed by atoms with Gasteiger partial charge in [-0.05, 0) is 30.2 Å². The van der Waals surface area contributed by atoms with Crippen molar-refractivity contribution in [1.29, 1.82) is 0 Å². The zero-order valence-corrected chi connectivity index (χ0v) is 13.1. The maximum atomic E-state index is 12.6. The van der Waals surface area contributed by atoms with Gasteiger partial charge in [-0.3, -0.25) is 4.79 Å². The van der Waals surface area contributed by atoms with Crippen LogP contribution >= 0.6 is 11.6 Å². The second-order valence-corrected chi connectivity index (χ2v) is 5.58. The van der Waals surface area contributed by atoms with Gasteiger partial charge < -0.3 is 15.2 Å². The summed E-state index contributed by atoms with van der Waals surface area (Å²) in [5, 5.41) is 0.673. The van der Waals surface area contributed by atoms with E-state index in [1.807, 2.05) is 35.0 Å². The minimum Gasteiger partial charge on any atom is -0.397 e. The average molecular weight is 306 g/mol. The first-order valence-electron chi connectivity index (χ1n) is 6.96. The number of aryl methyl sites for hydroxylation is 1. The molecule has 0 aliphatic rings. The molecule has 2 rings (SSSR count). The Hall–Kier alpha value is -1.94. The second-order valence-electron chi connectivity index (χ2n) is 5.14. The summed E-state index contributed by atoms with van der Waals surface area (Å²) in [6, 6.07) is 9.25. The van der Waals surface area contributed by atoms with Gasteiger partial charge >= 0.3 is 0 Å². The topological polar surface area (TPSA) is 51.3 Å². The molecule has 21 heavy (non-hydrogen) atoms. The number of halogens is 1. The number of nitrogens with zero attached hydrogens (tertiary/aromatic N) is 2. The molecule has 1 amide bonds. The molecule has 1 heterocycles. The first-order valence-corrected chi connectivity index (χ1v) is 7.34. The highest BCUT2D eigenvalue weighted by Crippen LogP contribution is 2.16. The fraction of sp³-hybridized carbons (Fsp3) is 0.312. The fourth-order valence-corrected chi connectivity index (χ4v) is 2.53. The number of benzene rings is 1. The maximum absolute atomic E-state index is 12.6. The van der Waals surface area contributed by atoms with E-state index in [4.69, 9.17) is 17.3 Å². The van der Waals surface area contributed by atoms with E-state index in [0.717, 1.165) is 18.5 Å². The fourth-order valence-electron chi connectivity index (χ4n) is 2.31. The van der Waals surface area contributed by atoms with E-state index in [1.165, 1.54) is 0 Å². The number of carbonyl (C=O) groups excluding carboxylic acids is 1. The molecule has 1 aromatic carbocycles. The summed E-state index contributed by atoms with van der Waals surface area (Å²) < 4.78 is 1.91. The minimum atomic E-state index is -0.0416. The first-order chi connectivity index (χ1) is 10.0. The monoisotopic (exact) mass is 305 g/mol. The van der Waals surface area contributed by atoms with Crippen LogP contribution in [0.2, 0.25) is 5.02 Å². The van der Waals surface area contributed by atoms with E-state index in [2.05, 4.69) is 6.92 Å². The van der Waals surface area contributed by atoms with Crippen LogP contribution in [0, 0.1) is 0 Å². The van der Waals surface area contributed by atoms with Gasteiger partial charge in [0.2, 0.25) is 0 Å². The maximum Gasteiger partial charge on any atom is 0.270 e. The highest BCUT2D eigenvalue weighted by Gasteiger charge is 2.17. The number of hydrogen-bond donors (Lipinski definition) is 1. The molecule has 0 unspecified atom stereocenters. The lowest BCUT2D eigenvalue weighted by Crippen LogP contribution is -2.28. The molecule has 0 aliphatic carbocycles. The van der Waals surface area contributed by atoms with Crippen molar-refractivity contribution < 1.29 is 4.79 Å². The molecule has 0 bridgehead atoms. The Morgan fingerprint density at radius 2 is 2.14 bits per heavy atom. The molecule has 4 nitrogen and oxygen atoms in total. The highest BCUT2D eigenvalue weighted by atomic mass is 35.5. The Bertz CT molecular complexity index is 636. The first kappa shape index (κ1) is 15.4. The van der Waals surface area contributed by atoms with Gasteiger partial charge in [0, 0.05) is 31.4 Å². The van der Waals surface area contributed by atoms with Crippen molar-refractivity contribution in [1.82, 2.24) is 9.47 Å². The van der Waals surface area contributed by atoms with Crippen LogP contribution in [0.5, 0.6) is 0 Å². The van der Waals surface area contributed by atoms with Gasteiger partial charge in [-0.25, -0.2) is 0 Å². The number of hydrogen-bond acceptors (Lipinski definition) is 2. The summed E-state index contributed by atoms with van der Waals surface area (Å²) in [6.45, 7) is 3.36. The molecule has 5 heteroatoms. The smallest absolute Gasteiger partial charge is 0.270 e. The number of nitrogens with two attached hydrogens (primary N) is 1. The van der Waals surface area contributed by atoms with Crippen molar-refractivity contribution in [2.75, 3.05) is 12.8 Å². The van der Waals surface area contributed by atoms with Gasteiger partial charge in [-0.2, -0.15) is 0 Å². The molecule has 2 aromatic rings. The summed E-state index contributed by atoms with van der Waals surface area (Å²) >= 11 is 5.97. The van der Waals surface area contributed by atoms with Crippen molar-refractivity contribution in [2.24, 2.45) is 0 Å². The molecular formula is C16H20ClN3O. The van der Waals surface area contributed by atoms with E-state index < -0.39 is 0 Å². The summed E-state index contributed by atoms with van der Waals surface area (Å²) in [5.74, 6) is -0.0416. The summed E-state index contributed by atoms with van der Waals surface area (Å²) in [6.07, 6.45) is 2.76. The van der Waals surface area contributed by atoms with E-state index in [0.29, 0.717) is 22.9 Å². The quantitative estimate of drug-likeness (QED) is 0.920. The molecule has 0 aliphatic heterocycles. The third-order valence-electron chi connectivity index (χ3n) is 3.26. The minimum absolute atomic E-state index is 0.0416. The zero-order valence-electron chi connectivity index (χ0n) is 12.3. The van der Waals surface area contributed by atoms with E-state index in [-0.39, 0.29) is 5.91 Å². The molecule has 112 valence electrons. The van der Waals surface area contributed by atoms with Crippen molar-refractivity contribution in [3.8, 4) is 0 Å². The SMILES string of the molecule is CCCn1cc(N)cc1C(=O)N(C)Cc1cccc(Cl)c1. The predicted octanol–water partition coefficient (Wildman–Crippen LogP) is 3.41. The molecule has 0 fully saturated rings. The van der Waals surface area contributed by atoms with Gasteiger partial charge in [0.1, 0.15) is 5.69 Å². The van der Waals surface area contributed by atoms with Crippen LogP contribution in [-0.4, -0.2) is 22.4 Å². The number of anilines is 1. The van der Waals surface area contributed by atoms with Crippen LogP contribution in [0.3, 0.4) is 0 Å². The van der Waals surface area contributed by atoms with Crippen molar-refractivity contribution >= 4 is 23.2 Å². The van der Waals surface area contributed by atoms with Gasteiger partial charge in [-0.1, -0.05) is 30.7 Å². The predicted molar refractivity (Wildman–Crippen MR) is 86.4 cm³/mol. The van der Waals surface area contributed by atoms with Crippen LogP contribution in [0.25, 0.3) is 0 Å². The Morgan fingerprint density at radius 1 is 1.38 bits per heavy atom. The molecule has 0 saturated heterocycles. The number of nitrogen functional groups attached to an aromatic ring is 1. The van der Waals surface area contributed by atoms with Gasteiger partial charge in [0.25, 0.3) is 5.91 Å². The highest BCUT2D eigenvalue weighted by molar-refractivity contribution is 6.30. The summed E-state index contributed by atoms with van der Waals surface area (Å²) in [4.78, 5) is 14.2.